The predicted molar refractivity (Wildman–Crippen MR) is 131 cm³/mol. The Morgan fingerprint density at radius 2 is 1.82 bits per heavy atom. The molecule has 2 fully saturated rings. The van der Waals surface area contributed by atoms with E-state index >= 15 is 0 Å². The van der Waals surface area contributed by atoms with E-state index in [9.17, 15) is 4.79 Å². The van der Waals surface area contributed by atoms with Gasteiger partial charge in [-0.3, -0.25) is 0 Å². The van der Waals surface area contributed by atoms with Gasteiger partial charge in [0, 0.05) is 17.1 Å². The van der Waals surface area contributed by atoms with Crippen LogP contribution in [0.5, 0.6) is 5.75 Å². The Hall–Kier alpha value is -1.67. The largest absolute Gasteiger partial charge is 0.497 e. The first-order valence-corrected chi connectivity index (χ1v) is 14.6. The molecule has 0 radical (unpaired) electrons. The van der Waals surface area contributed by atoms with Crippen LogP contribution in [0.3, 0.4) is 0 Å². The Kier molecular flexibility index (Phi) is 7.49. The van der Waals surface area contributed by atoms with Gasteiger partial charge in [0.1, 0.15) is 11.4 Å². The fourth-order valence-corrected chi connectivity index (χ4v) is 6.02. The fourth-order valence-electron chi connectivity index (χ4n) is 4.61. The van der Waals surface area contributed by atoms with Crippen LogP contribution in [0.25, 0.3) is 0 Å². The maximum absolute atomic E-state index is 12.3. The summed E-state index contributed by atoms with van der Waals surface area (Å²) in [6.07, 6.45) is 2.26. The molecule has 1 spiro atoms. The average molecular weight is 477 g/mol. The normalized spacial score (nSPS) is 30.6. The molecule has 5 atom stereocenters. The second kappa shape index (κ2) is 9.53. The lowest BCUT2D eigenvalue weighted by molar-refractivity contribution is -0.136. The Labute approximate surface area is 199 Å². The van der Waals surface area contributed by atoms with E-state index in [0.717, 1.165) is 17.7 Å². The van der Waals surface area contributed by atoms with Gasteiger partial charge in [-0.2, -0.15) is 0 Å². The Morgan fingerprint density at radius 3 is 2.36 bits per heavy atom. The summed E-state index contributed by atoms with van der Waals surface area (Å²) in [6, 6.07) is 7.75. The SMILES string of the molecule is COC(=O)/C(C)=C/[C@H]1[C@H](O[Si](C)(C)C(C)(C)C)[C@@H](C)C[C@]12COC(c1ccc(OC)cc1)O2. The van der Waals surface area contributed by atoms with E-state index in [-0.39, 0.29) is 28.9 Å². The summed E-state index contributed by atoms with van der Waals surface area (Å²) >= 11 is 0. The summed E-state index contributed by atoms with van der Waals surface area (Å²) in [5.74, 6) is 0.590. The molecule has 33 heavy (non-hydrogen) atoms. The number of hydrogen-bond donors (Lipinski definition) is 0. The van der Waals surface area contributed by atoms with Gasteiger partial charge in [-0.05, 0) is 49.5 Å². The minimum Gasteiger partial charge on any atom is -0.497 e. The highest BCUT2D eigenvalue weighted by molar-refractivity contribution is 6.74. The van der Waals surface area contributed by atoms with Crippen LogP contribution in [0, 0.1) is 11.8 Å². The van der Waals surface area contributed by atoms with Crippen LogP contribution in [0.15, 0.2) is 35.9 Å². The topological polar surface area (TPSA) is 63.2 Å². The van der Waals surface area contributed by atoms with E-state index in [4.69, 9.17) is 23.4 Å². The van der Waals surface area contributed by atoms with Crippen molar-refractivity contribution in [2.75, 3.05) is 20.8 Å². The van der Waals surface area contributed by atoms with Gasteiger partial charge in [0.2, 0.25) is 0 Å². The van der Waals surface area contributed by atoms with Crippen LogP contribution in [0.4, 0.5) is 0 Å². The number of methoxy groups -OCH3 is 2. The number of ether oxygens (including phenoxy) is 4. The molecule has 1 aliphatic carbocycles. The molecule has 6 nitrogen and oxygen atoms in total. The van der Waals surface area contributed by atoms with Crippen LogP contribution >= 0.6 is 0 Å². The Balaban J connectivity index is 1.94. The standard InChI is InChI=1S/C26H40O6Si/c1-17(23(27)29-7)14-21-22(32-33(8,9)25(3,4)5)18(2)15-26(21)16-30-24(31-26)19-10-12-20(28-6)13-11-19/h10-14,18,21-22,24H,15-16H2,1-9H3/b17-14+/t18-,21-,22+,24?,26-/m0/s1. The molecule has 184 valence electrons. The number of benzene rings is 1. The number of rotatable bonds is 6. The molecular formula is C26H40O6Si. The van der Waals surface area contributed by atoms with Crippen LogP contribution in [-0.4, -0.2) is 46.8 Å². The highest BCUT2D eigenvalue weighted by Crippen LogP contribution is 2.53. The second-order valence-corrected chi connectivity index (χ2v) is 15.7. The summed E-state index contributed by atoms with van der Waals surface area (Å²) < 4.78 is 30.1. The first-order valence-electron chi connectivity index (χ1n) is 11.7. The maximum atomic E-state index is 12.3. The number of esters is 1. The first-order chi connectivity index (χ1) is 15.3. The van der Waals surface area contributed by atoms with Crippen LogP contribution in [-0.2, 0) is 23.4 Å². The molecule has 3 rings (SSSR count). The van der Waals surface area contributed by atoms with Crippen molar-refractivity contribution >= 4 is 14.3 Å². The molecule has 1 saturated carbocycles. The molecule has 0 aromatic heterocycles. The molecular weight excluding hydrogens is 436 g/mol. The predicted octanol–water partition coefficient (Wildman–Crippen LogP) is 5.65. The highest BCUT2D eigenvalue weighted by atomic mass is 28.4. The minimum atomic E-state index is -2.05. The quantitative estimate of drug-likeness (QED) is 0.301. The van der Waals surface area contributed by atoms with E-state index < -0.39 is 20.2 Å². The summed E-state index contributed by atoms with van der Waals surface area (Å²) in [7, 11) is 1.00. The zero-order chi connectivity index (χ0) is 24.6. The fraction of sp³-hybridized carbons (Fsp3) is 0.654. The van der Waals surface area contributed by atoms with Gasteiger partial charge in [-0.1, -0.05) is 45.9 Å². The first kappa shape index (κ1) is 25.9. The molecule has 1 aliphatic heterocycles. The molecule has 7 heteroatoms. The van der Waals surface area contributed by atoms with Crippen molar-refractivity contribution in [1.82, 2.24) is 0 Å². The van der Waals surface area contributed by atoms with E-state index in [1.807, 2.05) is 30.3 Å². The van der Waals surface area contributed by atoms with Crippen molar-refractivity contribution < 1.29 is 28.2 Å². The van der Waals surface area contributed by atoms with Gasteiger partial charge in [-0.25, -0.2) is 4.79 Å². The molecule has 1 aromatic carbocycles. The molecule has 0 amide bonds. The lowest BCUT2D eigenvalue weighted by Gasteiger charge is -2.41. The van der Waals surface area contributed by atoms with Gasteiger partial charge < -0.3 is 23.4 Å². The third kappa shape index (κ3) is 5.21. The van der Waals surface area contributed by atoms with Crippen LogP contribution in [0.2, 0.25) is 18.1 Å². The molecule has 0 N–H and O–H groups in total. The van der Waals surface area contributed by atoms with Crippen molar-refractivity contribution in [2.45, 2.75) is 77.2 Å². The van der Waals surface area contributed by atoms with Gasteiger partial charge in [0.25, 0.3) is 0 Å². The summed E-state index contributed by atoms with van der Waals surface area (Å²) in [5, 5.41) is 0.0762. The average Bonchev–Trinajstić information content (AvgIpc) is 3.28. The molecule has 0 bridgehead atoms. The van der Waals surface area contributed by atoms with E-state index in [0.29, 0.717) is 12.2 Å². The molecule has 1 saturated heterocycles. The maximum Gasteiger partial charge on any atom is 0.333 e. The molecule has 1 heterocycles. The molecule has 2 aliphatic rings. The van der Waals surface area contributed by atoms with Crippen molar-refractivity contribution in [3.63, 3.8) is 0 Å². The number of carbonyl (C=O) groups is 1. The van der Waals surface area contributed by atoms with Crippen molar-refractivity contribution in [1.29, 1.82) is 0 Å². The minimum absolute atomic E-state index is 0.0660. The third-order valence-corrected chi connectivity index (χ3v) is 12.0. The van der Waals surface area contributed by atoms with Crippen LogP contribution in [0.1, 0.15) is 52.9 Å². The zero-order valence-electron chi connectivity index (χ0n) is 21.6. The number of hydrogen-bond acceptors (Lipinski definition) is 6. The zero-order valence-corrected chi connectivity index (χ0v) is 22.6. The summed E-state index contributed by atoms with van der Waals surface area (Å²) in [4.78, 5) is 12.3. The third-order valence-electron chi connectivity index (χ3n) is 7.57. The highest BCUT2D eigenvalue weighted by Gasteiger charge is 2.58. The molecule has 1 unspecified atom stereocenters. The van der Waals surface area contributed by atoms with Gasteiger partial charge >= 0.3 is 5.97 Å². The van der Waals surface area contributed by atoms with E-state index in [1.54, 1.807) is 14.0 Å². The smallest absolute Gasteiger partial charge is 0.333 e. The van der Waals surface area contributed by atoms with Crippen LogP contribution < -0.4 is 4.74 Å². The lowest BCUT2D eigenvalue weighted by Crippen LogP contribution is -2.48. The Morgan fingerprint density at radius 1 is 1.18 bits per heavy atom. The second-order valence-electron chi connectivity index (χ2n) is 11.0. The number of carbonyl (C=O) groups excluding carboxylic acids is 1. The monoisotopic (exact) mass is 476 g/mol. The molecule has 1 aromatic rings. The van der Waals surface area contributed by atoms with E-state index in [2.05, 4.69) is 40.8 Å². The van der Waals surface area contributed by atoms with Gasteiger partial charge in [0.05, 0.1) is 26.9 Å². The van der Waals surface area contributed by atoms with Gasteiger partial charge in [0.15, 0.2) is 14.6 Å². The Bertz CT molecular complexity index is 872. The van der Waals surface area contributed by atoms with Crippen molar-refractivity contribution in [2.24, 2.45) is 11.8 Å². The summed E-state index contributed by atoms with van der Waals surface area (Å²) in [5.41, 5.74) is 0.949. The van der Waals surface area contributed by atoms with E-state index in [1.165, 1.54) is 7.11 Å². The lowest BCUT2D eigenvalue weighted by atomic mass is 9.88. The summed E-state index contributed by atoms with van der Waals surface area (Å²) in [6.45, 7) is 15.7. The van der Waals surface area contributed by atoms with Crippen molar-refractivity contribution in [3.05, 3.63) is 41.5 Å². The van der Waals surface area contributed by atoms with Crippen molar-refractivity contribution in [3.8, 4) is 5.75 Å². The van der Waals surface area contributed by atoms with Gasteiger partial charge in [-0.15, -0.1) is 0 Å².